The van der Waals surface area contributed by atoms with Crippen molar-refractivity contribution in [2.75, 3.05) is 11.9 Å². The van der Waals surface area contributed by atoms with Crippen LogP contribution in [0.1, 0.15) is 35.8 Å². The number of hydrogen-bond acceptors (Lipinski definition) is 3. The van der Waals surface area contributed by atoms with Crippen molar-refractivity contribution in [3.05, 3.63) is 64.7 Å². The molecule has 0 heterocycles. The Morgan fingerprint density at radius 2 is 1.81 bits per heavy atom. The standard InChI is InChI=1S/C19H22ClN3O2.ClH/c1-3-22-19(25)15-10-9-14(20)11-16(15)23-18(24)12(2)17(21)13-7-5-4-6-8-13;/h4-12,17H,3,21H2,1-2H3,(H,22,25)(H,23,24);1H. The van der Waals surface area contributed by atoms with Gasteiger partial charge in [0, 0.05) is 17.6 Å². The van der Waals surface area contributed by atoms with Crippen LogP contribution in [0, 0.1) is 5.92 Å². The lowest BCUT2D eigenvalue weighted by Crippen LogP contribution is -2.31. The molecule has 2 amide bonds. The van der Waals surface area contributed by atoms with Gasteiger partial charge < -0.3 is 16.4 Å². The van der Waals surface area contributed by atoms with Gasteiger partial charge in [-0.3, -0.25) is 9.59 Å². The highest BCUT2D eigenvalue weighted by Crippen LogP contribution is 2.24. The molecule has 0 aliphatic carbocycles. The molecular formula is C19H23Cl2N3O2. The Balaban J connectivity index is 0.00000338. The lowest BCUT2D eigenvalue weighted by atomic mass is 9.94. The van der Waals surface area contributed by atoms with Crippen LogP contribution in [0.3, 0.4) is 0 Å². The van der Waals surface area contributed by atoms with Crippen LogP contribution in [0.5, 0.6) is 0 Å². The second-order valence-electron chi connectivity index (χ2n) is 5.76. The predicted octanol–water partition coefficient (Wildman–Crippen LogP) is 3.79. The van der Waals surface area contributed by atoms with Crippen molar-refractivity contribution in [2.24, 2.45) is 11.7 Å². The minimum Gasteiger partial charge on any atom is -0.352 e. The number of nitrogens with two attached hydrogens (primary N) is 1. The van der Waals surface area contributed by atoms with Crippen LogP contribution in [0.2, 0.25) is 5.02 Å². The van der Waals surface area contributed by atoms with E-state index in [1.165, 1.54) is 0 Å². The third kappa shape index (κ3) is 5.46. The summed E-state index contributed by atoms with van der Waals surface area (Å²) in [5.74, 6) is -1.03. The summed E-state index contributed by atoms with van der Waals surface area (Å²) >= 11 is 6.01. The van der Waals surface area contributed by atoms with Gasteiger partial charge in [-0.15, -0.1) is 12.4 Å². The molecule has 7 heteroatoms. The molecule has 0 aliphatic heterocycles. The highest BCUT2D eigenvalue weighted by molar-refractivity contribution is 6.31. The fraction of sp³-hybridized carbons (Fsp3) is 0.263. The van der Waals surface area contributed by atoms with Crippen LogP contribution < -0.4 is 16.4 Å². The first-order valence-corrected chi connectivity index (χ1v) is 8.51. The van der Waals surface area contributed by atoms with Crippen LogP contribution >= 0.6 is 24.0 Å². The maximum atomic E-state index is 12.6. The zero-order chi connectivity index (χ0) is 18.4. The van der Waals surface area contributed by atoms with Gasteiger partial charge in [-0.25, -0.2) is 0 Å². The van der Waals surface area contributed by atoms with Crippen LogP contribution in [0.4, 0.5) is 5.69 Å². The highest BCUT2D eigenvalue weighted by atomic mass is 35.5. The average Bonchev–Trinajstić information content (AvgIpc) is 2.61. The van der Waals surface area contributed by atoms with Gasteiger partial charge in [-0.1, -0.05) is 48.9 Å². The zero-order valence-electron chi connectivity index (χ0n) is 14.7. The Morgan fingerprint density at radius 3 is 2.42 bits per heavy atom. The second-order valence-corrected chi connectivity index (χ2v) is 6.20. The Hall–Kier alpha value is -2.08. The summed E-state index contributed by atoms with van der Waals surface area (Å²) in [5, 5.41) is 5.93. The largest absolute Gasteiger partial charge is 0.352 e. The highest BCUT2D eigenvalue weighted by Gasteiger charge is 2.23. The molecule has 5 nitrogen and oxygen atoms in total. The van der Waals surface area contributed by atoms with Gasteiger partial charge in [0.15, 0.2) is 0 Å². The summed E-state index contributed by atoms with van der Waals surface area (Å²) in [6.07, 6.45) is 0. The van der Waals surface area contributed by atoms with E-state index in [4.69, 9.17) is 17.3 Å². The first-order valence-electron chi connectivity index (χ1n) is 8.13. The summed E-state index contributed by atoms with van der Waals surface area (Å²) in [7, 11) is 0. The van der Waals surface area contributed by atoms with E-state index in [-0.39, 0.29) is 24.2 Å². The number of benzene rings is 2. The fourth-order valence-electron chi connectivity index (χ4n) is 2.45. The van der Waals surface area contributed by atoms with Gasteiger partial charge >= 0.3 is 0 Å². The third-order valence-corrected chi connectivity index (χ3v) is 4.19. The molecular weight excluding hydrogens is 373 g/mol. The summed E-state index contributed by atoms with van der Waals surface area (Å²) in [6, 6.07) is 13.7. The molecule has 4 N–H and O–H groups in total. The van der Waals surface area contributed by atoms with Crippen LogP contribution in [0.15, 0.2) is 48.5 Å². The molecule has 0 saturated heterocycles. The summed E-state index contributed by atoms with van der Waals surface area (Å²) < 4.78 is 0. The number of hydrogen-bond donors (Lipinski definition) is 3. The number of carbonyl (C=O) groups excluding carboxylic acids is 2. The van der Waals surface area contributed by atoms with Crippen molar-refractivity contribution < 1.29 is 9.59 Å². The molecule has 140 valence electrons. The molecule has 2 aromatic rings. The molecule has 0 aliphatic rings. The SMILES string of the molecule is CCNC(=O)c1ccc(Cl)cc1NC(=O)C(C)C(N)c1ccccc1.Cl. The number of carbonyl (C=O) groups is 2. The lowest BCUT2D eigenvalue weighted by molar-refractivity contribution is -0.120. The van der Waals surface area contributed by atoms with Crippen molar-refractivity contribution >= 4 is 41.5 Å². The summed E-state index contributed by atoms with van der Waals surface area (Å²) in [4.78, 5) is 24.8. The smallest absolute Gasteiger partial charge is 0.253 e. The molecule has 0 fully saturated rings. The normalized spacial score (nSPS) is 12.5. The predicted molar refractivity (Wildman–Crippen MR) is 108 cm³/mol. The van der Waals surface area contributed by atoms with Crippen LogP contribution in [-0.2, 0) is 4.79 Å². The van der Waals surface area contributed by atoms with E-state index in [0.717, 1.165) is 5.56 Å². The van der Waals surface area contributed by atoms with Gasteiger partial charge in [-0.05, 0) is 30.7 Å². The summed E-state index contributed by atoms with van der Waals surface area (Å²) in [6.45, 7) is 4.07. The van der Waals surface area contributed by atoms with Gasteiger partial charge in [0.25, 0.3) is 5.91 Å². The molecule has 0 radical (unpaired) electrons. The average molecular weight is 396 g/mol. The van der Waals surface area contributed by atoms with E-state index in [2.05, 4.69) is 10.6 Å². The Labute approximate surface area is 164 Å². The van der Waals surface area contributed by atoms with Crippen molar-refractivity contribution in [3.63, 3.8) is 0 Å². The number of halogens is 2. The minimum atomic E-state index is -0.483. The lowest BCUT2D eigenvalue weighted by Gasteiger charge is -2.20. The number of nitrogens with one attached hydrogen (secondary N) is 2. The van der Waals surface area contributed by atoms with E-state index >= 15 is 0 Å². The van der Waals surface area contributed by atoms with Gasteiger partial charge in [-0.2, -0.15) is 0 Å². The summed E-state index contributed by atoms with van der Waals surface area (Å²) in [5.41, 5.74) is 7.81. The van der Waals surface area contributed by atoms with Crippen LogP contribution in [-0.4, -0.2) is 18.4 Å². The zero-order valence-corrected chi connectivity index (χ0v) is 16.2. The molecule has 0 spiro atoms. The van der Waals surface area contributed by atoms with Gasteiger partial charge in [0.1, 0.15) is 0 Å². The van der Waals surface area contributed by atoms with Crippen molar-refractivity contribution in [1.82, 2.24) is 5.32 Å². The van der Waals surface area contributed by atoms with Gasteiger partial charge in [0.05, 0.1) is 17.2 Å². The number of amides is 2. The molecule has 0 saturated carbocycles. The maximum Gasteiger partial charge on any atom is 0.253 e. The fourth-order valence-corrected chi connectivity index (χ4v) is 2.62. The molecule has 2 unspecified atom stereocenters. The van der Waals surface area contributed by atoms with E-state index in [9.17, 15) is 9.59 Å². The van der Waals surface area contributed by atoms with Crippen molar-refractivity contribution in [2.45, 2.75) is 19.9 Å². The Kier molecular flexibility index (Phi) is 8.58. The van der Waals surface area contributed by atoms with E-state index in [0.29, 0.717) is 22.8 Å². The molecule has 0 aromatic heterocycles. The van der Waals surface area contributed by atoms with Gasteiger partial charge in [0.2, 0.25) is 5.91 Å². The van der Waals surface area contributed by atoms with Crippen LogP contribution in [0.25, 0.3) is 0 Å². The molecule has 2 rings (SSSR count). The Bertz CT molecular complexity index is 754. The third-order valence-electron chi connectivity index (χ3n) is 3.96. The van der Waals surface area contributed by atoms with E-state index in [1.807, 2.05) is 37.3 Å². The second kappa shape index (κ2) is 10.2. The van der Waals surface area contributed by atoms with Crippen molar-refractivity contribution in [1.29, 1.82) is 0 Å². The van der Waals surface area contributed by atoms with E-state index < -0.39 is 12.0 Å². The minimum absolute atomic E-state index is 0. The maximum absolute atomic E-state index is 12.6. The molecule has 2 aromatic carbocycles. The monoisotopic (exact) mass is 395 g/mol. The molecule has 2 atom stereocenters. The quantitative estimate of drug-likeness (QED) is 0.695. The first-order chi connectivity index (χ1) is 11.9. The Morgan fingerprint density at radius 1 is 1.15 bits per heavy atom. The van der Waals surface area contributed by atoms with Crippen molar-refractivity contribution in [3.8, 4) is 0 Å². The topological polar surface area (TPSA) is 84.2 Å². The van der Waals surface area contributed by atoms with E-state index in [1.54, 1.807) is 25.1 Å². The number of anilines is 1. The first kappa shape index (κ1) is 22.0. The molecule has 0 bridgehead atoms. The number of rotatable bonds is 6. The molecule has 26 heavy (non-hydrogen) atoms.